The molecule has 10 heteroatoms. The lowest BCUT2D eigenvalue weighted by molar-refractivity contribution is -0.169. The predicted molar refractivity (Wildman–Crippen MR) is 237 cm³/mol. The van der Waals surface area contributed by atoms with Crippen molar-refractivity contribution in [2.75, 3.05) is 0 Å². The van der Waals surface area contributed by atoms with E-state index in [1.54, 1.807) is 27.7 Å². The third-order valence-corrected chi connectivity index (χ3v) is 12.8. The maximum atomic E-state index is 11.4. The van der Waals surface area contributed by atoms with Crippen LogP contribution < -0.4 is 0 Å². The fraction of sp³-hybridized carbons (Fsp3) is 0.920. The molecule has 10 nitrogen and oxygen atoms in total. The molecule has 4 aliphatic heterocycles. The zero-order valence-electron chi connectivity index (χ0n) is 39.5. The fourth-order valence-corrected chi connectivity index (χ4v) is 9.00. The van der Waals surface area contributed by atoms with Crippen LogP contribution in [0.1, 0.15) is 235 Å². The molecule has 0 saturated carbocycles. The Labute approximate surface area is 365 Å². The fourth-order valence-electron chi connectivity index (χ4n) is 9.00. The SMILES string of the molecule is CCCCCC1OC(C)(CCC(C)=O)OC1CC1OC1CCCCCCCC(C)=O.CCCCCC1OC1CC1OC(C)(CCC(C)=O)OC1CCCCCCCC(C)=O. The van der Waals surface area contributed by atoms with Gasteiger partial charge in [0.15, 0.2) is 11.6 Å². The zero-order chi connectivity index (χ0) is 44.0. The molecule has 0 spiro atoms. The number of Topliss-reactive ketones (excluding diaryl/α,β-unsaturated/α-hetero) is 4. The first-order valence-electron chi connectivity index (χ1n) is 24.7. The lowest BCUT2D eigenvalue weighted by Crippen LogP contribution is -2.27. The third kappa shape index (κ3) is 22.2. The Morgan fingerprint density at radius 3 is 1.02 bits per heavy atom. The number of ether oxygens (including phenoxy) is 6. The molecule has 4 rings (SSSR count). The Morgan fingerprint density at radius 2 is 0.667 bits per heavy atom. The van der Waals surface area contributed by atoms with Crippen LogP contribution in [-0.2, 0) is 47.6 Å². The molecule has 0 aromatic carbocycles. The Balaban J connectivity index is 0.000000320. The van der Waals surface area contributed by atoms with Crippen LogP contribution >= 0.6 is 0 Å². The average molecular weight is 849 g/mol. The van der Waals surface area contributed by atoms with E-state index >= 15 is 0 Å². The summed E-state index contributed by atoms with van der Waals surface area (Å²) in [5.74, 6) is -0.356. The summed E-state index contributed by atoms with van der Waals surface area (Å²) in [5.41, 5.74) is 0. The van der Waals surface area contributed by atoms with Crippen LogP contribution in [0.2, 0.25) is 0 Å². The van der Waals surface area contributed by atoms with E-state index in [9.17, 15) is 19.2 Å². The highest BCUT2D eigenvalue weighted by atomic mass is 16.8. The summed E-state index contributed by atoms with van der Waals surface area (Å²) in [6.45, 7) is 15.0. The van der Waals surface area contributed by atoms with Crippen molar-refractivity contribution in [2.45, 2.75) is 296 Å². The maximum absolute atomic E-state index is 11.4. The second-order valence-corrected chi connectivity index (χ2v) is 19.2. The Hall–Kier alpha value is -1.56. The standard InChI is InChI=1S/2C25H44O5/c1-5-6-10-15-22-24(30-25(4,29-22)17-16-20(3)27)18-23-21(28-23)14-12-9-7-8-11-13-19(2)26;1-5-6-10-14-21-23(28-21)18-24-22(15-12-9-7-8-11-13-19(2)26)29-25(4,30-24)17-16-20(3)27/h2*21-24H,5-18H2,1-4H3. The smallest absolute Gasteiger partial charge is 0.166 e. The van der Waals surface area contributed by atoms with Gasteiger partial charge in [0.25, 0.3) is 0 Å². The molecule has 0 N–H and O–H groups in total. The van der Waals surface area contributed by atoms with Crippen molar-refractivity contribution in [3.63, 3.8) is 0 Å². The Morgan fingerprint density at radius 1 is 0.367 bits per heavy atom. The minimum Gasteiger partial charge on any atom is -0.369 e. The van der Waals surface area contributed by atoms with Gasteiger partial charge in [0.1, 0.15) is 23.1 Å². The van der Waals surface area contributed by atoms with Gasteiger partial charge in [-0.05, 0) is 80.1 Å². The minimum atomic E-state index is -0.658. The molecule has 0 aromatic rings. The molecule has 0 amide bonds. The quantitative estimate of drug-likeness (QED) is 0.0455. The van der Waals surface area contributed by atoms with E-state index in [2.05, 4.69) is 13.8 Å². The van der Waals surface area contributed by atoms with Gasteiger partial charge in [0.2, 0.25) is 0 Å². The van der Waals surface area contributed by atoms with Crippen LogP contribution in [0.3, 0.4) is 0 Å². The van der Waals surface area contributed by atoms with Crippen molar-refractivity contribution in [1.29, 1.82) is 0 Å². The number of hydrogen-bond donors (Lipinski definition) is 0. The van der Waals surface area contributed by atoms with Crippen LogP contribution in [-0.4, -0.2) is 83.5 Å². The first-order valence-corrected chi connectivity index (χ1v) is 24.7. The number of rotatable bonds is 34. The van der Waals surface area contributed by atoms with E-state index in [4.69, 9.17) is 28.4 Å². The van der Waals surface area contributed by atoms with Gasteiger partial charge in [-0.3, -0.25) is 0 Å². The van der Waals surface area contributed by atoms with Gasteiger partial charge in [-0.15, -0.1) is 0 Å². The summed E-state index contributed by atoms with van der Waals surface area (Å²) in [6.07, 6.45) is 30.1. The first-order chi connectivity index (χ1) is 28.7. The van der Waals surface area contributed by atoms with Gasteiger partial charge >= 0.3 is 0 Å². The van der Waals surface area contributed by atoms with Crippen molar-refractivity contribution in [2.24, 2.45) is 0 Å². The van der Waals surface area contributed by atoms with Gasteiger partial charge < -0.3 is 47.6 Å². The second kappa shape index (κ2) is 28.3. The second-order valence-electron chi connectivity index (χ2n) is 19.2. The number of hydrogen-bond acceptors (Lipinski definition) is 10. The van der Waals surface area contributed by atoms with Gasteiger partial charge in [-0.25, -0.2) is 0 Å². The van der Waals surface area contributed by atoms with Gasteiger partial charge in [0, 0.05) is 51.4 Å². The van der Waals surface area contributed by atoms with Crippen LogP contribution in [0, 0.1) is 0 Å². The van der Waals surface area contributed by atoms with Gasteiger partial charge in [0.05, 0.1) is 48.8 Å². The molecule has 348 valence electrons. The van der Waals surface area contributed by atoms with Crippen molar-refractivity contribution >= 4 is 23.1 Å². The molecule has 0 aromatic heterocycles. The largest absolute Gasteiger partial charge is 0.369 e. The number of unbranched alkanes of at least 4 members (excludes halogenated alkanes) is 12. The lowest BCUT2D eigenvalue weighted by atomic mass is 9.99. The summed E-state index contributed by atoms with van der Waals surface area (Å²) < 4.78 is 37.3. The molecule has 4 heterocycles. The van der Waals surface area contributed by atoms with Crippen LogP contribution in [0.5, 0.6) is 0 Å². The molecule has 10 atom stereocenters. The van der Waals surface area contributed by atoms with E-state index < -0.39 is 11.6 Å². The van der Waals surface area contributed by atoms with Crippen molar-refractivity contribution in [1.82, 2.24) is 0 Å². The Kier molecular flexibility index (Phi) is 24.9. The molecule has 10 unspecified atom stereocenters. The van der Waals surface area contributed by atoms with E-state index in [0.717, 1.165) is 89.9 Å². The van der Waals surface area contributed by atoms with Crippen molar-refractivity contribution < 1.29 is 47.6 Å². The molecule has 0 bridgehead atoms. The molecular formula is C50H88O10. The molecule has 0 aliphatic carbocycles. The lowest BCUT2D eigenvalue weighted by Gasteiger charge is -2.23. The number of ketones is 4. The number of carbonyl (C=O) groups is 4. The predicted octanol–water partition coefficient (Wildman–Crippen LogP) is 11.8. The highest BCUT2D eigenvalue weighted by molar-refractivity contribution is 5.76. The van der Waals surface area contributed by atoms with Gasteiger partial charge in [-0.1, -0.05) is 104 Å². The van der Waals surface area contributed by atoms with E-state index in [1.807, 2.05) is 13.8 Å². The monoisotopic (exact) mass is 849 g/mol. The van der Waals surface area contributed by atoms with E-state index in [1.165, 1.54) is 57.8 Å². The molecule has 60 heavy (non-hydrogen) atoms. The van der Waals surface area contributed by atoms with E-state index in [-0.39, 0.29) is 41.8 Å². The Bertz CT molecular complexity index is 1260. The normalized spacial score (nSPS) is 30.5. The summed E-state index contributed by atoms with van der Waals surface area (Å²) in [7, 11) is 0. The summed E-state index contributed by atoms with van der Waals surface area (Å²) >= 11 is 0. The topological polar surface area (TPSA) is 130 Å². The van der Waals surface area contributed by atoms with E-state index in [0.29, 0.717) is 62.3 Å². The zero-order valence-corrected chi connectivity index (χ0v) is 39.5. The summed E-state index contributed by atoms with van der Waals surface area (Å²) in [6, 6.07) is 0. The van der Waals surface area contributed by atoms with Crippen LogP contribution in [0.4, 0.5) is 0 Å². The molecular weight excluding hydrogens is 761 g/mol. The summed E-state index contributed by atoms with van der Waals surface area (Å²) in [5, 5.41) is 0. The van der Waals surface area contributed by atoms with Crippen molar-refractivity contribution in [3.8, 4) is 0 Å². The van der Waals surface area contributed by atoms with Crippen LogP contribution in [0.15, 0.2) is 0 Å². The van der Waals surface area contributed by atoms with Crippen molar-refractivity contribution in [3.05, 3.63) is 0 Å². The number of carbonyl (C=O) groups excluding carboxylic acids is 4. The van der Waals surface area contributed by atoms with Crippen LogP contribution in [0.25, 0.3) is 0 Å². The molecule has 4 fully saturated rings. The average Bonchev–Trinajstić information content (AvgIpc) is 4.06. The first kappa shape index (κ1) is 52.8. The molecule has 4 aliphatic rings. The third-order valence-electron chi connectivity index (χ3n) is 12.8. The molecule has 0 radical (unpaired) electrons. The minimum absolute atomic E-state index is 0.0563. The summed E-state index contributed by atoms with van der Waals surface area (Å²) in [4.78, 5) is 44.9. The van der Waals surface area contributed by atoms with Gasteiger partial charge in [-0.2, -0.15) is 0 Å². The molecule has 4 saturated heterocycles. The maximum Gasteiger partial charge on any atom is 0.166 e. The highest BCUT2D eigenvalue weighted by Crippen LogP contribution is 2.42. The number of epoxide rings is 2. The highest BCUT2D eigenvalue weighted by Gasteiger charge is 2.50.